The molecule has 0 N–H and O–H groups in total. The van der Waals surface area contributed by atoms with E-state index in [-0.39, 0.29) is 17.9 Å². The molecule has 28 heavy (non-hydrogen) atoms. The number of rotatable bonds is 3. The molecular weight excluding hydrogens is 397 g/mol. The largest absolute Gasteiger partial charge is 0.462 e. The Balaban J connectivity index is 1.78. The highest BCUT2D eigenvalue weighted by Crippen LogP contribution is 2.46. The SMILES string of the molecule is CC1=NC2=C(C(=O)CCC2)[C@@H](c2ccc(Cl)cc2Cl)C1C(=O)OC1CCCC1. The first kappa shape index (κ1) is 19.7. The molecule has 0 bridgehead atoms. The van der Waals surface area contributed by atoms with Crippen LogP contribution in [0.15, 0.2) is 34.5 Å². The number of aliphatic imine (C=N–C) groups is 1. The normalized spacial score (nSPS) is 25.5. The van der Waals surface area contributed by atoms with E-state index in [2.05, 4.69) is 4.99 Å². The van der Waals surface area contributed by atoms with Gasteiger partial charge in [-0.15, -0.1) is 0 Å². The van der Waals surface area contributed by atoms with E-state index in [0.29, 0.717) is 27.8 Å². The van der Waals surface area contributed by atoms with Crippen molar-refractivity contribution >= 4 is 40.7 Å². The Morgan fingerprint density at radius 2 is 1.89 bits per heavy atom. The Morgan fingerprint density at radius 3 is 2.61 bits per heavy atom. The van der Waals surface area contributed by atoms with Gasteiger partial charge in [-0.2, -0.15) is 0 Å². The van der Waals surface area contributed by atoms with Crippen LogP contribution in [0.1, 0.15) is 63.4 Å². The zero-order valence-electron chi connectivity index (χ0n) is 15.8. The van der Waals surface area contributed by atoms with Crippen molar-refractivity contribution in [1.82, 2.24) is 0 Å². The Hall–Kier alpha value is -1.65. The topological polar surface area (TPSA) is 55.7 Å². The number of carbonyl (C=O) groups is 2. The van der Waals surface area contributed by atoms with Gasteiger partial charge in [0.1, 0.15) is 12.0 Å². The van der Waals surface area contributed by atoms with Crippen LogP contribution in [0.25, 0.3) is 0 Å². The molecule has 3 aliphatic rings. The molecule has 1 heterocycles. The predicted octanol–water partition coefficient (Wildman–Crippen LogP) is 5.66. The first-order chi connectivity index (χ1) is 13.5. The second kappa shape index (κ2) is 8.00. The number of hydrogen-bond donors (Lipinski definition) is 0. The molecule has 4 rings (SSSR count). The fraction of sp³-hybridized carbons (Fsp3) is 0.500. The Bertz CT molecular complexity index is 884. The first-order valence-electron chi connectivity index (χ1n) is 9.92. The summed E-state index contributed by atoms with van der Waals surface area (Å²) in [5.74, 6) is -1.37. The zero-order chi connectivity index (χ0) is 19.8. The standard InChI is InChI=1S/C22H23Cl2NO3/c1-12-19(22(27)28-14-5-2-3-6-14)20(15-10-9-13(23)11-16(15)24)21-17(25-12)7-4-8-18(21)26/h9-11,14,19-20H,2-8H2,1H3/t19?,20-/m0/s1. The zero-order valence-corrected chi connectivity index (χ0v) is 17.4. The number of esters is 1. The molecule has 1 saturated carbocycles. The molecule has 1 fully saturated rings. The lowest BCUT2D eigenvalue weighted by Gasteiger charge is -2.35. The third-order valence-corrected chi connectivity index (χ3v) is 6.53. The van der Waals surface area contributed by atoms with E-state index in [1.807, 2.05) is 13.0 Å². The molecule has 1 aromatic carbocycles. The van der Waals surface area contributed by atoms with Crippen LogP contribution in [-0.2, 0) is 14.3 Å². The average molecular weight is 420 g/mol. The van der Waals surface area contributed by atoms with E-state index < -0.39 is 11.8 Å². The van der Waals surface area contributed by atoms with Gasteiger partial charge in [-0.25, -0.2) is 0 Å². The molecule has 1 aliphatic heterocycles. The maximum Gasteiger partial charge on any atom is 0.315 e. The molecule has 4 nitrogen and oxygen atoms in total. The molecule has 0 saturated heterocycles. The van der Waals surface area contributed by atoms with Gasteiger partial charge in [0.25, 0.3) is 0 Å². The molecule has 2 aliphatic carbocycles. The lowest BCUT2D eigenvalue weighted by molar-refractivity contribution is -0.151. The summed E-state index contributed by atoms with van der Waals surface area (Å²) in [5, 5.41) is 0.972. The lowest BCUT2D eigenvalue weighted by Crippen LogP contribution is -2.38. The van der Waals surface area contributed by atoms with Crippen molar-refractivity contribution in [2.45, 2.75) is 63.9 Å². The van der Waals surface area contributed by atoms with Gasteiger partial charge in [0.05, 0.1) is 0 Å². The third kappa shape index (κ3) is 3.65. The molecule has 0 amide bonds. The highest BCUT2D eigenvalue weighted by molar-refractivity contribution is 6.35. The summed E-state index contributed by atoms with van der Waals surface area (Å²) in [6.45, 7) is 1.85. The molecule has 1 aromatic rings. The minimum absolute atomic E-state index is 0.0425. The number of hydrogen-bond acceptors (Lipinski definition) is 4. The Kier molecular flexibility index (Phi) is 5.62. The Labute approximate surface area is 175 Å². The second-order valence-electron chi connectivity index (χ2n) is 7.85. The second-order valence-corrected chi connectivity index (χ2v) is 8.70. The highest BCUT2D eigenvalue weighted by Gasteiger charge is 2.44. The fourth-order valence-electron chi connectivity index (χ4n) is 4.65. The summed E-state index contributed by atoms with van der Waals surface area (Å²) in [6.07, 6.45) is 5.91. The minimum atomic E-state index is -0.639. The van der Waals surface area contributed by atoms with Crippen LogP contribution < -0.4 is 0 Å². The van der Waals surface area contributed by atoms with Gasteiger partial charge in [0.2, 0.25) is 0 Å². The summed E-state index contributed by atoms with van der Waals surface area (Å²) < 4.78 is 5.83. The van der Waals surface area contributed by atoms with Crippen LogP contribution in [0.5, 0.6) is 0 Å². The minimum Gasteiger partial charge on any atom is -0.462 e. The lowest BCUT2D eigenvalue weighted by atomic mass is 9.71. The average Bonchev–Trinajstić information content (AvgIpc) is 3.14. The van der Waals surface area contributed by atoms with E-state index in [0.717, 1.165) is 49.8 Å². The molecule has 0 radical (unpaired) electrons. The Morgan fingerprint density at radius 1 is 1.14 bits per heavy atom. The molecule has 1 unspecified atom stereocenters. The molecule has 0 aromatic heterocycles. The first-order valence-corrected chi connectivity index (χ1v) is 10.7. The number of allylic oxidation sites excluding steroid dienone is 2. The quantitative estimate of drug-likeness (QED) is 0.593. The van der Waals surface area contributed by atoms with Crippen molar-refractivity contribution < 1.29 is 14.3 Å². The van der Waals surface area contributed by atoms with Crippen molar-refractivity contribution in [3.8, 4) is 0 Å². The van der Waals surface area contributed by atoms with Crippen molar-refractivity contribution in [2.75, 3.05) is 0 Å². The van der Waals surface area contributed by atoms with Gasteiger partial charge in [0.15, 0.2) is 5.78 Å². The van der Waals surface area contributed by atoms with Gasteiger partial charge >= 0.3 is 5.97 Å². The maximum absolute atomic E-state index is 13.2. The number of benzene rings is 1. The molecule has 2 atom stereocenters. The van der Waals surface area contributed by atoms with Gasteiger partial charge in [-0.05, 0) is 63.1 Å². The van der Waals surface area contributed by atoms with Gasteiger partial charge in [-0.3, -0.25) is 14.6 Å². The number of Topliss-reactive ketones (excluding diaryl/α,β-unsaturated/α-hetero) is 1. The van der Waals surface area contributed by atoms with Crippen LogP contribution >= 0.6 is 23.2 Å². The van der Waals surface area contributed by atoms with Crippen LogP contribution in [0, 0.1) is 5.92 Å². The van der Waals surface area contributed by atoms with E-state index in [1.165, 1.54) is 0 Å². The summed E-state index contributed by atoms with van der Waals surface area (Å²) in [6, 6.07) is 5.22. The van der Waals surface area contributed by atoms with Gasteiger partial charge in [0, 0.05) is 39.4 Å². The summed E-state index contributed by atoms with van der Waals surface area (Å²) in [4.78, 5) is 30.7. The van der Waals surface area contributed by atoms with Crippen molar-refractivity contribution in [3.63, 3.8) is 0 Å². The van der Waals surface area contributed by atoms with E-state index in [1.54, 1.807) is 12.1 Å². The monoisotopic (exact) mass is 419 g/mol. The van der Waals surface area contributed by atoms with Crippen molar-refractivity contribution in [3.05, 3.63) is 45.1 Å². The number of carbonyl (C=O) groups excluding carboxylic acids is 2. The molecule has 0 spiro atoms. The number of halogens is 2. The predicted molar refractivity (Wildman–Crippen MR) is 110 cm³/mol. The van der Waals surface area contributed by atoms with Crippen LogP contribution in [0.3, 0.4) is 0 Å². The van der Waals surface area contributed by atoms with E-state index in [9.17, 15) is 9.59 Å². The van der Waals surface area contributed by atoms with Crippen molar-refractivity contribution in [1.29, 1.82) is 0 Å². The summed E-state index contributed by atoms with van der Waals surface area (Å²) in [7, 11) is 0. The smallest absolute Gasteiger partial charge is 0.315 e. The molecular formula is C22H23Cl2NO3. The maximum atomic E-state index is 13.2. The van der Waals surface area contributed by atoms with Crippen LogP contribution in [-0.4, -0.2) is 23.6 Å². The number of nitrogens with zero attached hydrogens (tertiary/aromatic N) is 1. The van der Waals surface area contributed by atoms with E-state index >= 15 is 0 Å². The van der Waals surface area contributed by atoms with Crippen LogP contribution in [0.2, 0.25) is 10.0 Å². The fourth-order valence-corrected chi connectivity index (χ4v) is 5.17. The molecule has 6 heteroatoms. The van der Waals surface area contributed by atoms with Gasteiger partial charge in [-0.1, -0.05) is 29.3 Å². The van der Waals surface area contributed by atoms with Gasteiger partial charge < -0.3 is 4.74 Å². The molecule has 148 valence electrons. The highest BCUT2D eigenvalue weighted by atomic mass is 35.5. The van der Waals surface area contributed by atoms with E-state index in [4.69, 9.17) is 27.9 Å². The van der Waals surface area contributed by atoms with Crippen molar-refractivity contribution in [2.24, 2.45) is 10.9 Å². The summed E-state index contributed by atoms with van der Waals surface area (Å²) in [5.41, 5.74) is 2.83. The van der Waals surface area contributed by atoms with Crippen LogP contribution in [0.4, 0.5) is 0 Å². The number of ketones is 1. The third-order valence-electron chi connectivity index (χ3n) is 5.97. The summed E-state index contributed by atoms with van der Waals surface area (Å²) >= 11 is 12.6. The number of ether oxygens (including phenoxy) is 1.